The molecule has 0 saturated carbocycles. The predicted octanol–water partition coefficient (Wildman–Crippen LogP) is 1.22. The lowest BCUT2D eigenvalue weighted by Crippen LogP contribution is -2.13. The Morgan fingerprint density at radius 2 is 2.36 bits per heavy atom. The number of hydrogen-bond acceptors (Lipinski definition) is 3. The van der Waals surface area contributed by atoms with Crippen molar-refractivity contribution in [3.05, 3.63) is 18.2 Å². The number of aliphatic imine (C=N–C) groups is 1. The van der Waals surface area contributed by atoms with Gasteiger partial charge < -0.3 is 9.30 Å². The first-order chi connectivity index (χ1) is 6.68. The van der Waals surface area contributed by atoms with E-state index < -0.39 is 0 Å². The predicted molar refractivity (Wildman–Crippen MR) is 54.3 cm³/mol. The average molecular weight is 193 g/mol. The Bertz CT molecular complexity index is 354. The van der Waals surface area contributed by atoms with Crippen LogP contribution in [0.1, 0.15) is 19.7 Å². The number of aryl methyl sites for hydroxylation is 1. The molecule has 1 aromatic rings. The molecule has 0 aromatic carbocycles. The minimum absolute atomic E-state index is 0.279. The molecular formula is C10H15N3O. The van der Waals surface area contributed by atoms with E-state index in [2.05, 4.69) is 23.8 Å². The van der Waals surface area contributed by atoms with E-state index in [0.29, 0.717) is 18.4 Å². The van der Waals surface area contributed by atoms with E-state index in [1.54, 1.807) is 6.20 Å². The van der Waals surface area contributed by atoms with Crippen LogP contribution in [0, 0.1) is 5.92 Å². The van der Waals surface area contributed by atoms with E-state index in [4.69, 9.17) is 4.74 Å². The second-order valence-electron chi connectivity index (χ2n) is 3.92. The van der Waals surface area contributed by atoms with E-state index in [0.717, 1.165) is 5.82 Å². The van der Waals surface area contributed by atoms with Crippen LogP contribution >= 0.6 is 0 Å². The summed E-state index contributed by atoms with van der Waals surface area (Å²) in [7, 11) is 1.94. The van der Waals surface area contributed by atoms with Crippen molar-refractivity contribution in [2.24, 2.45) is 18.0 Å². The van der Waals surface area contributed by atoms with Crippen molar-refractivity contribution in [1.82, 2.24) is 9.55 Å². The number of nitrogens with zero attached hydrogens (tertiary/aromatic N) is 3. The standard InChI is InChI=1S/C10H15N3O/c1-7(2)8-6-14-10(12-8)9-11-4-5-13(9)3/h4-5,7-8H,6H2,1-3H3/t8-/m1/s1. The zero-order valence-electron chi connectivity index (χ0n) is 8.77. The molecule has 0 unspecified atom stereocenters. The molecule has 0 amide bonds. The largest absolute Gasteiger partial charge is 0.473 e. The molecular weight excluding hydrogens is 178 g/mol. The zero-order chi connectivity index (χ0) is 10.1. The van der Waals surface area contributed by atoms with Gasteiger partial charge in [0.25, 0.3) is 5.90 Å². The zero-order valence-corrected chi connectivity index (χ0v) is 8.77. The molecule has 0 fully saturated rings. The maximum atomic E-state index is 5.52. The van der Waals surface area contributed by atoms with Crippen LogP contribution in [-0.4, -0.2) is 28.1 Å². The molecule has 14 heavy (non-hydrogen) atoms. The molecule has 0 spiro atoms. The summed E-state index contributed by atoms with van der Waals surface area (Å²) in [5, 5.41) is 0. The maximum Gasteiger partial charge on any atom is 0.253 e. The van der Waals surface area contributed by atoms with Crippen LogP contribution < -0.4 is 0 Å². The summed E-state index contributed by atoms with van der Waals surface area (Å²) in [5.74, 6) is 2.01. The van der Waals surface area contributed by atoms with Gasteiger partial charge in [0.15, 0.2) is 5.82 Å². The van der Waals surface area contributed by atoms with Gasteiger partial charge in [-0.15, -0.1) is 0 Å². The van der Waals surface area contributed by atoms with Gasteiger partial charge in [0.2, 0.25) is 0 Å². The van der Waals surface area contributed by atoms with Gasteiger partial charge in [-0.3, -0.25) is 0 Å². The molecule has 1 aromatic heterocycles. The Hall–Kier alpha value is -1.32. The van der Waals surface area contributed by atoms with Gasteiger partial charge >= 0.3 is 0 Å². The normalized spacial score (nSPS) is 21.1. The molecule has 0 saturated heterocycles. The van der Waals surface area contributed by atoms with Crippen molar-refractivity contribution < 1.29 is 4.74 Å². The van der Waals surface area contributed by atoms with E-state index in [1.165, 1.54) is 0 Å². The second-order valence-corrected chi connectivity index (χ2v) is 3.92. The van der Waals surface area contributed by atoms with Crippen molar-refractivity contribution in [3.8, 4) is 0 Å². The molecule has 2 rings (SSSR count). The van der Waals surface area contributed by atoms with Crippen LogP contribution in [0.15, 0.2) is 17.4 Å². The van der Waals surface area contributed by atoms with E-state index in [-0.39, 0.29) is 6.04 Å². The fourth-order valence-electron chi connectivity index (χ4n) is 1.42. The summed E-state index contributed by atoms with van der Waals surface area (Å²) in [4.78, 5) is 8.70. The fraction of sp³-hybridized carbons (Fsp3) is 0.600. The number of rotatable bonds is 2. The van der Waals surface area contributed by atoms with Crippen molar-refractivity contribution in [2.45, 2.75) is 19.9 Å². The van der Waals surface area contributed by atoms with E-state index in [9.17, 15) is 0 Å². The van der Waals surface area contributed by atoms with Crippen molar-refractivity contribution in [3.63, 3.8) is 0 Å². The molecule has 1 aliphatic heterocycles. The van der Waals surface area contributed by atoms with Gasteiger partial charge in [0.1, 0.15) is 6.61 Å². The first-order valence-electron chi connectivity index (χ1n) is 4.87. The van der Waals surface area contributed by atoms with Crippen molar-refractivity contribution in [1.29, 1.82) is 0 Å². The molecule has 0 bridgehead atoms. The third kappa shape index (κ3) is 1.52. The number of aromatic nitrogens is 2. The summed E-state index contributed by atoms with van der Waals surface area (Å²) in [6, 6.07) is 0.279. The van der Waals surface area contributed by atoms with Gasteiger partial charge in [-0.25, -0.2) is 9.98 Å². The van der Waals surface area contributed by atoms with Crippen molar-refractivity contribution >= 4 is 5.90 Å². The van der Waals surface area contributed by atoms with Crippen LogP contribution in [0.25, 0.3) is 0 Å². The second kappa shape index (κ2) is 3.44. The maximum absolute atomic E-state index is 5.52. The Kier molecular flexibility index (Phi) is 2.27. The molecule has 2 heterocycles. The van der Waals surface area contributed by atoms with Crippen LogP contribution in [0.5, 0.6) is 0 Å². The Morgan fingerprint density at radius 3 is 2.86 bits per heavy atom. The molecule has 0 aliphatic carbocycles. The number of imidazole rings is 1. The first-order valence-corrected chi connectivity index (χ1v) is 4.87. The quantitative estimate of drug-likeness (QED) is 0.708. The Balaban J connectivity index is 2.22. The highest BCUT2D eigenvalue weighted by molar-refractivity contribution is 5.91. The summed E-state index contributed by atoms with van der Waals surface area (Å²) >= 11 is 0. The van der Waals surface area contributed by atoms with Gasteiger partial charge in [-0.1, -0.05) is 13.8 Å². The van der Waals surface area contributed by atoms with Crippen LogP contribution in [0.3, 0.4) is 0 Å². The van der Waals surface area contributed by atoms with E-state index >= 15 is 0 Å². The molecule has 4 heteroatoms. The van der Waals surface area contributed by atoms with Crippen LogP contribution in [-0.2, 0) is 11.8 Å². The lowest BCUT2D eigenvalue weighted by atomic mass is 10.1. The lowest BCUT2D eigenvalue weighted by molar-refractivity contribution is 0.290. The molecule has 1 aliphatic rings. The average Bonchev–Trinajstić information content (AvgIpc) is 2.71. The molecule has 0 N–H and O–H groups in total. The third-order valence-corrected chi connectivity index (χ3v) is 2.46. The minimum Gasteiger partial charge on any atom is -0.473 e. The van der Waals surface area contributed by atoms with Crippen molar-refractivity contribution in [2.75, 3.05) is 6.61 Å². The number of hydrogen-bond donors (Lipinski definition) is 0. The summed E-state index contributed by atoms with van der Waals surface area (Å²) in [6.07, 6.45) is 3.65. The highest BCUT2D eigenvalue weighted by Crippen LogP contribution is 2.16. The highest BCUT2D eigenvalue weighted by Gasteiger charge is 2.24. The van der Waals surface area contributed by atoms with Crippen LogP contribution in [0.2, 0.25) is 0 Å². The smallest absolute Gasteiger partial charge is 0.253 e. The summed E-state index contributed by atoms with van der Waals surface area (Å²) < 4.78 is 7.44. The number of ether oxygens (including phenoxy) is 1. The summed E-state index contributed by atoms with van der Waals surface area (Å²) in [6.45, 7) is 4.98. The first kappa shape index (κ1) is 9.24. The Morgan fingerprint density at radius 1 is 1.57 bits per heavy atom. The minimum atomic E-state index is 0.279. The van der Waals surface area contributed by atoms with Crippen LogP contribution in [0.4, 0.5) is 0 Å². The fourth-order valence-corrected chi connectivity index (χ4v) is 1.42. The molecule has 4 nitrogen and oxygen atoms in total. The van der Waals surface area contributed by atoms with E-state index in [1.807, 2.05) is 17.8 Å². The van der Waals surface area contributed by atoms with Gasteiger partial charge in [-0.2, -0.15) is 0 Å². The SMILES string of the molecule is CC(C)[C@H]1COC(c2nccn2C)=N1. The lowest BCUT2D eigenvalue weighted by Gasteiger charge is -2.06. The topological polar surface area (TPSA) is 39.4 Å². The monoisotopic (exact) mass is 193 g/mol. The molecule has 1 atom stereocenters. The van der Waals surface area contributed by atoms with Gasteiger partial charge in [0, 0.05) is 19.4 Å². The van der Waals surface area contributed by atoms with Gasteiger partial charge in [0.05, 0.1) is 6.04 Å². The summed E-state index contributed by atoms with van der Waals surface area (Å²) in [5.41, 5.74) is 0. The molecule has 76 valence electrons. The Labute approximate surface area is 83.6 Å². The van der Waals surface area contributed by atoms with Gasteiger partial charge in [-0.05, 0) is 5.92 Å². The highest BCUT2D eigenvalue weighted by atomic mass is 16.5. The third-order valence-electron chi connectivity index (χ3n) is 2.46. The molecule has 0 radical (unpaired) electrons.